The van der Waals surface area contributed by atoms with Crippen LogP contribution >= 0.6 is 0 Å². The molecule has 1 heterocycles. The van der Waals surface area contributed by atoms with Gasteiger partial charge in [-0.2, -0.15) is 10.2 Å². The molecule has 1 unspecified atom stereocenters. The highest BCUT2D eigenvalue weighted by Gasteiger charge is 2.23. The first-order valence-electron chi connectivity index (χ1n) is 11.0. The highest BCUT2D eigenvalue weighted by atomic mass is 16.5. The number of azo groups is 1. The summed E-state index contributed by atoms with van der Waals surface area (Å²) in [5.41, 5.74) is 9.79. The molecule has 0 bridgehead atoms. The van der Waals surface area contributed by atoms with Crippen LogP contribution < -0.4 is 30.0 Å². The van der Waals surface area contributed by atoms with Crippen molar-refractivity contribution in [1.29, 1.82) is 0 Å². The number of benzene rings is 2. The fourth-order valence-corrected chi connectivity index (χ4v) is 3.82. The Balaban J connectivity index is 2.02. The SMILES string of the molecule is COc1ccc(C2=C(c3cc(OC)c(OC)c(OC)c3)N=NC2)cc1NC(=O)C(N)CC(C)C. The van der Waals surface area contributed by atoms with Gasteiger partial charge >= 0.3 is 0 Å². The quantitative estimate of drug-likeness (QED) is 0.535. The third-order valence-corrected chi connectivity index (χ3v) is 5.49. The maximum absolute atomic E-state index is 12.7. The molecule has 1 amide bonds. The summed E-state index contributed by atoms with van der Waals surface area (Å²) in [7, 11) is 6.24. The van der Waals surface area contributed by atoms with E-state index >= 15 is 0 Å². The van der Waals surface area contributed by atoms with Gasteiger partial charge in [0.05, 0.1) is 52.4 Å². The van der Waals surface area contributed by atoms with Gasteiger partial charge in [-0.05, 0) is 42.2 Å². The normalized spacial score (nSPS) is 13.8. The Morgan fingerprint density at radius 3 is 2.18 bits per heavy atom. The molecule has 0 spiro atoms. The average molecular weight is 469 g/mol. The molecule has 1 aliphatic rings. The van der Waals surface area contributed by atoms with Crippen LogP contribution in [0.25, 0.3) is 11.3 Å². The molecule has 34 heavy (non-hydrogen) atoms. The topological polar surface area (TPSA) is 117 Å². The molecular weight excluding hydrogens is 436 g/mol. The van der Waals surface area contributed by atoms with Crippen molar-refractivity contribution in [3.05, 3.63) is 41.5 Å². The molecule has 0 aromatic heterocycles. The summed E-state index contributed by atoms with van der Waals surface area (Å²) >= 11 is 0. The number of nitrogens with one attached hydrogen (secondary N) is 1. The van der Waals surface area contributed by atoms with Gasteiger partial charge in [0, 0.05) is 11.1 Å². The van der Waals surface area contributed by atoms with Crippen LogP contribution in [0.3, 0.4) is 0 Å². The number of carbonyl (C=O) groups is 1. The van der Waals surface area contributed by atoms with Crippen LogP contribution in [-0.4, -0.2) is 46.9 Å². The second kappa shape index (κ2) is 11.0. The Morgan fingerprint density at radius 2 is 1.62 bits per heavy atom. The number of hydrogen-bond acceptors (Lipinski definition) is 8. The van der Waals surface area contributed by atoms with Crippen LogP contribution in [0.1, 0.15) is 31.4 Å². The lowest BCUT2D eigenvalue weighted by Crippen LogP contribution is -2.36. The summed E-state index contributed by atoms with van der Waals surface area (Å²) < 4.78 is 21.9. The van der Waals surface area contributed by atoms with Gasteiger partial charge in [0.1, 0.15) is 5.75 Å². The molecular formula is C25H32N4O5. The van der Waals surface area contributed by atoms with Crippen LogP contribution in [0, 0.1) is 5.92 Å². The monoisotopic (exact) mass is 468 g/mol. The number of ether oxygens (including phenoxy) is 4. The maximum atomic E-state index is 12.7. The number of carbonyl (C=O) groups excluding carboxylic acids is 1. The van der Waals surface area contributed by atoms with E-state index in [1.807, 2.05) is 38.1 Å². The molecule has 1 aliphatic heterocycles. The second-order valence-electron chi connectivity index (χ2n) is 8.28. The Labute approximate surface area is 199 Å². The second-order valence-corrected chi connectivity index (χ2v) is 8.28. The minimum absolute atomic E-state index is 0.260. The molecule has 0 radical (unpaired) electrons. The van der Waals surface area contributed by atoms with E-state index in [1.165, 1.54) is 0 Å². The van der Waals surface area contributed by atoms with Gasteiger partial charge in [-0.25, -0.2) is 0 Å². The van der Waals surface area contributed by atoms with E-state index in [2.05, 4.69) is 15.5 Å². The van der Waals surface area contributed by atoms with E-state index in [4.69, 9.17) is 24.7 Å². The van der Waals surface area contributed by atoms with Crippen molar-refractivity contribution in [2.45, 2.75) is 26.3 Å². The number of nitrogens with zero attached hydrogens (tertiary/aromatic N) is 2. The van der Waals surface area contributed by atoms with Crippen molar-refractivity contribution in [3.8, 4) is 23.0 Å². The molecule has 3 rings (SSSR count). The third-order valence-electron chi connectivity index (χ3n) is 5.49. The fourth-order valence-electron chi connectivity index (χ4n) is 3.82. The van der Waals surface area contributed by atoms with Gasteiger partial charge in [0.15, 0.2) is 11.5 Å². The molecule has 0 fully saturated rings. The molecule has 182 valence electrons. The van der Waals surface area contributed by atoms with Crippen molar-refractivity contribution in [1.82, 2.24) is 0 Å². The predicted molar refractivity (Wildman–Crippen MR) is 132 cm³/mol. The largest absolute Gasteiger partial charge is 0.495 e. The number of nitrogens with two attached hydrogens (primary N) is 1. The van der Waals surface area contributed by atoms with Crippen LogP contribution in [0.2, 0.25) is 0 Å². The number of methoxy groups -OCH3 is 4. The van der Waals surface area contributed by atoms with E-state index in [0.29, 0.717) is 53.3 Å². The summed E-state index contributed by atoms with van der Waals surface area (Å²) in [5.74, 6) is 2.12. The van der Waals surface area contributed by atoms with E-state index in [1.54, 1.807) is 34.5 Å². The van der Waals surface area contributed by atoms with E-state index in [9.17, 15) is 4.79 Å². The molecule has 0 saturated carbocycles. The van der Waals surface area contributed by atoms with Crippen molar-refractivity contribution >= 4 is 22.9 Å². The Hall–Kier alpha value is -3.59. The van der Waals surface area contributed by atoms with Gasteiger partial charge < -0.3 is 30.0 Å². The highest BCUT2D eigenvalue weighted by molar-refractivity contribution is 5.98. The predicted octanol–water partition coefficient (Wildman–Crippen LogP) is 4.37. The number of rotatable bonds is 10. The maximum Gasteiger partial charge on any atom is 0.241 e. The highest BCUT2D eigenvalue weighted by Crippen LogP contribution is 2.43. The van der Waals surface area contributed by atoms with E-state index in [0.717, 1.165) is 16.7 Å². The van der Waals surface area contributed by atoms with Crippen LogP contribution in [-0.2, 0) is 4.79 Å². The minimum Gasteiger partial charge on any atom is -0.495 e. The third kappa shape index (κ3) is 5.31. The van der Waals surface area contributed by atoms with Crippen molar-refractivity contribution in [2.24, 2.45) is 21.9 Å². The zero-order chi connectivity index (χ0) is 24.8. The summed E-state index contributed by atoms with van der Waals surface area (Å²) in [6.07, 6.45) is 0.585. The Bertz CT molecular complexity index is 1090. The summed E-state index contributed by atoms with van der Waals surface area (Å²) in [4.78, 5) is 12.7. The molecule has 9 heteroatoms. The summed E-state index contributed by atoms with van der Waals surface area (Å²) in [5, 5.41) is 11.5. The molecule has 9 nitrogen and oxygen atoms in total. The standard InChI is InChI=1S/C25H32N4O5/c1-14(2)9-18(26)25(30)28-19-10-15(7-8-20(19)31-3)17-13-27-29-23(17)16-11-21(32-4)24(34-6)22(12-16)33-5/h7-8,10-12,14,18H,9,13,26H2,1-6H3,(H,28,30). The minimum atomic E-state index is -0.612. The zero-order valence-corrected chi connectivity index (χ0v) is 20.5. The average Bonchev–Trinajstić information content (AvgIpc) is 3.32. The number of anilines is 1. The fraction of sp³-hybridized carbons (Fsp3) is 0.400. The van der Waals surface area contributed by atoms with E-state index in [-0.39, 0.29) is 5.91 Å². The van der Waals surface area contributed by atoms with Crippen LogP contribution in [0.5, 0.6) is 23.0 Å². The lowest BCUT2D eigenvalue weighted by molar-refractivity contribution is -0.117. The molecule has 1 atom stereocenters. The van der Waals surface area contributed by atoms with Crippen molar-refractivity contribution in [2.75, 3.05) is 40.3 Å². The molecule has 2 aromatic carbocycles. The first-order valence-corrected chi connectivity index (χ1v) is 11.0. The van der Waals surface area contributed by atoms with Crippen molar-refractivity contribution in [3.63, 3.8) is 0 Å². The first-order chi connectivity index (χ1) is 16.3. The lowest BCUT2D eigenvalue weighted by Gasteiger charge is -2.17. The molecule has 0 aliphatic carbocycles. The molecule has 3 N–H and O–H groups in total. The van der Waals surface area contributed by atoms with Gasteiger partial charge in [-0.3, -0.25) is 4.79 Å². The smallest absolute Gasteiger partial charge is 0.241 e. The zero-order valence-electron chi connectivity index (χ0n) is 20.5. The van der Waals surface area contributed by atoms with E-state index < -0.39 is 6.04 Å². The summed E-state index contributed by atoms with van der Waals surface area (Å²) in [6, 6.07) is 8.61. The van der Waals surface area contributed by atoms with Gasteiger partial charge in [-0.15, -0.1) is 0 Å². The number of amides is 1. The molecule has 0 saturated heterocycles. The number of hydrogen-bond donors (Lipinski definition) is 2. The Morgan fingerprint density at radius 1 is 0.971 bits per heavy atom. The van der Waals surface area contributed by atoms with Gasteiger partial charge in [0.25, 0.3) is 0 Å². The van der Waals surface area contributed by atoms with Gasteiger partial charge in [-0.1, -0.05) is 19.9 Å². The van der Waals surface area contributed by atoms with Gasteiger partial charge in [0.2, 0.25) is 11.7 Å². The Kier molecular flexibility index (Phi) is 8.12. The lowest BCUT2D eigenvalue weighted by atomic mass is 9.99. The summed E-state index contributed by atoms with van der Waals surface area (Å²) in [6.45, 7) is 4.44. The van der Waals surface area contributed by atoms with Crippen molar-refractivity contribution < 1.29 is 23.7 Å². The molecule has 2 aromatic rings. The first kappa shape index (κ1) is 25.0. The van der Waals surface area contributed by atoms with Crippen LogP contribution in [0.4, 0.5) is 5.69 Å². The van der Waals surface area contributed by atoms with Crippen LogP contribution in [0.15, 0.2) is 40.6 Å².